The molecule has 0 aliphatic rings. The van der Waals surface area contributed by atoms with Crippen molar-refractivity contribution in [2.24, 2.45) is 0 Å². The zero-order chi connectivity index (χ0) is 23.1. The summed E-state index contributed by atoms with van der Waals surface area (Å²) >= 11 is 0. The maximum Gasteiger partial charge on any atom is 0.255 e. The Morgan fingerprint density at radius 3 is 2.28 bits per heavy atom. The summed E-state index contributed by atoms with van der Waals surface area (Å²) in [5.74, 6) is 1.35. The molecule has 0 spiro atoms. The quantitative estimate of drug-likeness (QED) is 0.485. The van der Waals surface area contributed by atoms with E-state index in [1.54, 1.807) is 49.6 Å². The van der Waals surface area contributed by atoms with Crippen LogP contribution in [-0.2, 0) is 11.4 Å². The van der Waals surface area contributed by atoms with Gasteiger partial charge in [-0.3, -0.25) is 9.59 Å². The van der Waals surface area contributed by atoms with Crippen molar-refractivity contribution in [1.29, 1.82) is 0 Å². The predicted molar refractivity (Wildman–Crippen MR) is 127 cm³/mol. The minimum absolute atomic E-state index is 0.174. The molecule has 3 rings (SSSR count). The maximum absolute atomic E-state index is 12.8. The molecule has 32 heavy (non-hydrogen) atoms. The number of carbonyl (C=O) groups excluding carboxylic acids is 2. The summed E-state index contributed by atoms with van der Waals surface area (Å²) in [5.41, 5.74) is 3.57. The Morgan fingerprint density at radius 2 is 1.59 bits per heavy atom. The molecule has 0 bridgehead atoms. The van der Waals surface area contributed by atoms with E-state index in [1.807, 2.05) is 18.2 Å². The van der Waals surface area contributed by atoms with Crippen molar-refractivity contribution in [2.45, 2.75) is 33.3 Å². The van der Waals surface area contributed by atoms with Crippen LogP contribution in [0.3, 0.4) is 0 Å². The first kappa shape index (κ1) is 22.9. The number of carbonyl (C=O) groups is 2. The van der Waals surface area contributed by atoms with Crippen LogP contribution in [0.2, 0.25) is 0 Å². The first-order valence-electron chi connectivity index (χ1n) is 10.4. The minimum Gasteiger partial charge on any atom is -0.496 e. The maximum atomic E-state index is 12.8. The van der Waals surface area contributed by atoms with E-state index in [4.69, 9.17) is 9.47 Å². The summed E-state index contributed by atoms with van der Waals surface area (Å²) in [7, 11) is 1.59. The molecule has 0 saturated heterocycles. The Labute approximate surface area is 188 Å². The van der Waals surface area contributed by atoms with E-state index in [2.05, 4.69) is 30.5 Å². The lowest BCUT2D eigenvalue weighted by atomic mass is 10.0. The molecule has 0 radical (unpaired) electrons. The van der Waals surface area contributed by atoms with Crippen molar-refractivity contribution < 1.29 is 19.1 Å². The van der Waals surface area contributed by atoms with Gasteiger partial charge in [-0.1, -0.05) is 38.1 Å². The fraction of sp³-hybridized carbons (Fsp3) is 0.231. The van der Waals surface area contributed by atoms with Gasteiger partial charge >= 0.3 is 0 Å². The number of anilines is 2. The van der Waals surface area contributed by atoms with Gasteiger partial charge in [-0.05, 0) is 53.9 Å². The molecule has 0 fully saturated rings. The molecule has 0 aromatic heterocycles. The van der Waals surface area contributed by atoms with Crippen molar-refractivity contribution in [3.8, 4) is 11.5 Å². The molecule has 0 saturated carbocycles. The lowest BCUT2D eigenvalue weighted by Gasteiger charge is -2.16. The van der Waals surface area contributed by atoms with E-state index in [9.17, 15) is 9.59 Å². The highest BCUT2D eigenvalue weighted by Crippen LogP contribution is 2.28. The second kappa shape index (κ2) is 10.5. The molecule has 0 atom stereocenters. The van der Waals surface area contributed by atoms with E-state index in [1.165, 1.54) is 6.92 Å². The summed E-state index contributed by atoms with van der Waals surface area (Å²) < 4.78 is 11.5. The molecule has 6 heteroatoms. The van der Waals surface area contributed by atoms with Gasteiger partial charge in [0.2, 0.25) is 5.91 Å². The van der Waals surface area contributed by atoms with Gasteiger partial charge in [-0.2, -0.15) is 0 Å². The fourth-order valence-electron chi connectivity index (χ4n) is 3.36. The molecule has 2 N–H and O–H groups in total. The predicted octanol–water partition coefficient (Wildman–Crippen LogP) is 5.61. The number of hydrogen-bond acceptors (Lipinski definition) is 4. The van der Waals surface area contributed by atoms with Gasteiger partial charge in [-0.15, -0.1) is 0 Å². The summed E-state index contributed by atoms with van der Waals surface area (Å²) in [5, 5.41) is 5.57. The number of nitrogens with one attached hydrogen (secondary N) is 2. The summed E-state index contributed by atoms with van der Waals surface area (Å²) in [4.78, 5) is 24.1. The van der Waals surface area contributed by atoms with Gasteiger partial charge in [0.05, 0.1) is 7.11 Å². The second-order valence-electron chi connectivity index (χ2n) is 7.72. The van der Waals surface area contributed by atoms with Gasteiger partial charge in [0.25, 0.3) is 5.91 Å². The molecule has 3 aromatic carbocycles. The van der Waals surface area contributed by atoms with Gasteiger partial charge in [0, 0.05) is 29.4 Å². The average molecular weight is 433 g/mol. The number of methoxy groups -OCH3 is 1. The molecule has 0 aliphatic heterocycles. The first-order chi connectivity index (χ1) is 15.4. The third kappa shape index (κ3) is 5.88. The second-order valence-corrected chi connectivity index (χ2v) is 7.72. The number of para-hydroxylation sites is 1. The normalized spacial score (nSPS) is 10.5. The van der Waals surface area contributed by atoms with Gasteiger partial charge in [-0.25, -0.2) is 0 Å². The van der Waals surface area contributed by atoms with Gasteiger partial charge in [0.15, 0.2) is 0 Å². The third-order valence-corrected chi connectivity index (χ3v) is 4.91. The van der Waals surface area contributed by atoms with Crippen LogP contribution >= 0.6 is 0 Å². The smallest absolute Gasteiger partial charge is 0.255 e. The lowest BCUT2D eigenvalue weighted by Crippen LogP contribution is -2.13. The van der Waals surface area contributed by atoms with E-state index in [-0.39, 0.29) is 18.4 Å². The van der Waals surface area contributed by atoms with Crippen LogP contribution in [0, 0.1) is 0 Å². The number of rotatable bonds is 8. The van der Waals surface area contributed by atoms with Crippen molar-refractivity contribution in [3.05, 3.63) is 83.4 Å². The SMILES string of the molecule is COc1ccc(C(=O)Nc2cccc(NC(C)=O)c2)cc1COc1ccccc1C(C)C. The molecule has 0 unspecified atom stereocenters. The van der Waals surface area contributed by atoms with E-state index < -0.39 is 0 Å². The Balaban J connectivity index is 1.77. The van der Waals surface area contributed by atoms with Crippen molar-refractivity contribution >= 4 is 23.2 Å². The molecule has 6 nitrogen and oxygen atoms in total. The molecule has 3 aromatic rings. The number of ether oxygens (including phenoxy) is 2. The highest BCUT2D eigenvalue weighted by atomic mass is 16.5. The zero-order valence-corrected chi connectivity index (χ0v) is 18.8. The van der Waals surface area contributed by atoms with Crippen LogP contribution in [0.1, 0.15) is 48.2 Å². The Bertz CT molecular complexity index is 1110. The number of benzene rings is 3. The topological polar surface area (TPSA) is 76.7 Å². The minimum atomic E-state index is -0.267. The highest BCUT2D eigenvalue weighted by Gasteiger charge is 2.13. The van der Waals surface area contributed by atoms with Crippen molar-refractivity contribution in [1.82, 2.24) is 0 Å². The monoisotopic (exact) mass is 432 g/mol. The van der Waals surface area contributed by atoms with Crippen LogP contribution in [0.4, 0.5) is 11.4 Å². The molecule has 0 heterocycles. The average Bonchev–Trinajstić information content (AvgIpc) is 2.77. The van der Waals surface area contributed by atoms with Crippen LogP contribution in [-0.4, -0.2) is 18.9 Å². The Hall–Kier alpha value is -3.80. The Kier molecular flexibility index (Phi) is 7.49. The van der Waals surface area contributed by atoms with Gasteiger partial charge < -0.3 is 20.1 Å². The van der Waals surface area contributed by atoms with Crippen molar-refractivity contribution in [2.75, 3.05) is 17.7 Å². The summed E-state index contributed by atoms with van der Waals surface area (Å²) in [6.45, 7) is 5.95. The molecule has 0 aliphatic carbocycles. The summed E-state index contributed by atoms with van der Waals surface area (Å²) in [6.07, 6.45) is 0. The number of hydrogen-bond donors (Lipinski definition) is 2. The Morgan fingerprint density at radius 1 is 0.875 bits per heavy atom. The van der Waals surface area contributed by atoms with Crippen LogP contribution in [0.15, 0.2) is 66.7 Å². The van der Waals surface area contributed by atoms with Crippen molar-refractivity contribution in [3.63, 3.8) is 0 Å². The van der Waals surface area contributed by atoms with Crippen LogP contribution in [0.5, 0.6) is 11.5 Å². The third-order valence-electron chi connectivity index (χ3n) is 4.91. The molecule has 2 amide bonds. The van der Waals surface area contributed by atoms with Crippen LogP contribution < -0.4 is 20.1 Å². The standard InChI is InChI=1S/C26H28N2O4/c1-17(2)23-10-5-6-11-25(23)32-16-20-14-19(12-13-24(20)31-4)26(30)28-22-9-7-8-21(15-22)27-18(3)29/h5-15,17H,16H2,1-4H3,(H,27,29)(H,28,30). The van der Waals surface area contributed by atoms with Gasteiger partial charge in [0.1, 0.15) is 18.1 Å². The lowest BCUT2D eigenvalue weighted by molar-refractivity contribution is -0.114. The zero-order valence-electron chi connectivity index (χ0n) is 18.8. The van der Waals surface area contributed by atoms with E-state index in [0.717, 1.165) is 16.9 Å². The number of amides is 2. The molecular weight excluding hydrogens is 404 g/mol. The summed E-state index contributed by atoms with van der Waals surface area (Å²) in [6, 6.07) is 20.2. The molecule has 166 valence electrons. The highest BCUT2D eigenvalue weighted by molar-refractivity contribution is 6.05. The first-order valence-corrected chi connectivity index (χ1v) is 10.4. The van der Waals surface area contributed by atoms with Crippen LogP contribution in [0.25, 0.3) is 0 Å². The van der Waals surface area contributed by atoms with E-state index in [0.29, 0.717) is 28.6 Å². The fourth-order valence-corrected chi connectivity index (χ4v) is 3.36. The largest absolute Gasteiger partial charge is 0.496 e. The van der Waals surface area contributed by atoms with E-state index >= 15 is 0 Å². The molecular formula is C26H28N2O4.